The van der Waals surface area contributed by atoms with Gasteiger partial charge in [0.2, 0.25) is 0 Å². The van der Waals surface area contributed by atoms with Crippen LogP contribution in [0.3, 0.4) is 0 Å². The number of hydrogen-bond donors (Lipinski definition) is 0. The van der Waals surface area contributed by atoms with Crippen molar-refractivity contribution in [2.45, 2.75) is 12.5 Å². The van der Waals surface area contributed by atoms with Gasteiger partial charge in [0, 0.05) is 10.0 Å². The van der Waals surface area contributed by atoms with E-state index in [1.54, 1.807) is 0 Å². The fraction of sp³-hybridized carbons (Fsp3) is 0.200. The van der Waals surface area contributed by atoms with Gasteiger partial charge in [0.15, 0.2) is 6.79 Å². The molecule has 0 aliphatic rings. The standard InChI is InChI=1S/C15H14BrClO2/c16-14-6-7-15(13(8-14)9-17)19-11-18-10-12-4-2-1-3-5-12/h1-8H,9-11H2. The number of hydrogen-bond acceptors (Lipinski definition) is 2. The number of halogens is 2. The second kappa shape index (κ2) is 7.53. The lowest BCUT2D eigenvalue weighted by Crippen LogP contribution is -2.04. The van der Waals surface area contributed by atoms with Gasteiger partial charge >= 0.3 is 0 Å². The smallest absolute Gasteiger partial charge is 0.189 e. The topological polar surface area (TPSA) is 18.5 Å². The summed E-state index contributed by atoms with van der Waals surface area (Å²) >= 11 is 9.28. The van der Waals surface area contributed by atoms with E-state index in [4.69, 9.17) is 21.1 Å². The van der Waals surface area contributed by atoms with E-state index in [0.29, 0.717) is 12.5 Å². The van der Waals surface area contributed by atoms with E-state index >= 15 is 0 Å². The summed E-state index contributed by atoms with van der Waals surface area (Å²) in [7, 11) is 0. The van der Waals surface area contributed by atoms with Crippen LogP contribution in [0.15, 0.2) is 53.0 Å². The Balaban J connectivity index is 1.83. The molecule has 0 N–H and O–H groups in total. The van der Waals surface area contributed by atoms with Crippen LogP contribution in [0.5, 0.6) is 5.75 Å². The summed E-state index contributed by atoms with van der Waals surface area (Å²) in [6, 6.07) is 15.7. The van der Waals surface area contributed by atoms with E-state index in [0.717, 1.165) is 21.3 Å². The van der Waals surface area contributed by atoms with E-state index in [-0.39, 0.29) is 6.79 Å². The highest BCUT2D eigenvalue weighted by Crippen LogP contribution is 2.24. The van der Waals surface area contributed by atoms with E-state index in [2.05, 4.69) is 15.9 Å². The Hall–Kier alpha value is -1.03. The first-order chi connectivity index (χ1) is 9.29. The molecule has 0 atom stereocenters. The summed E-state index contributed by atoms with van der Waals surface area (Å²) in [4.78, 5) is 0. The second-order valence-corrected chi connectivity index (χ2v) is 5.16. The fourth-order valence-corrected chi connectivity index (χ4v) is 2.25. The molecule has 0 unspecified atom stereocenters. The summed E-state index contributed by atoms with van der Waals surface area (Å²) in [6.07, 6.45) is 0. The predicted molar refractivity (Wildman–Crippen MR) is 80.4 cm³/mol. The summed E-state index contributed by atoms with van der Waals surface area (Å²) in [6.45, 7) is 0.744. The highest BCUT2D eigenvalue weighted by atomic mass is 79.9. The van der Waals surface area contributed by atoms with Crippen molar-refractivity contribution >= 4 is 27.5 Å². The van der Waals surface area contributed by atoms with Crippen molar-refractivity contribution in [2.75, 3.05) is 6.79 Å². The monoisotopic (exact) mass is 340 g/mol. The van der Waals surface area contributed by atoms with Crippen molar-refractivity contribution in [1.29, 1.82) is 0 Å². The van der Waals surface area contributed by atoms with Gasteiger partial charge in [-0.05, 0) is 23.8 Å². The lowest BCUT2D eigenvalue weighted by atomic mass is 10.2. The van der Waals surface area contributed by atoms with Crippen molar-refractivity contribution in [3.63, 3.8) is 0 Å². The zero-order valence-electron chi connectivity index (χ0n) is 10.3. The van der Waals surface area contributed by atoms with Crippen molar-refractivity contribution in [1.82, 2.24) is 0 Å². The molecule has 0 aliphatic heterocycles. The molecular weight excluding hydrogens is 328 g/mol. The van der Waals surface area contributed by atoms with Gasteiger partial charge in [-0.1, -0.05) is 46.3 Å². The summed E-state index contributed by atoms with van der Waals surface area (Å²) in [5, 5.41) is 0. The van der Waals surface area contributed by atoms with Crippen LogP contribution < -0.4 is 4.74 Å². The van der Waals surface area contributed by atoms with Gasteiger partial charge < -0.3 is 9.47 Å². The summed E-state index contributed by atoms with van der Waals surface area (Å²) in [5.74, 6) is 1.17. The maximum absolute atomic E-state index is 5.87. The Kier molecular flexibility index (Phi) is 5.70. The lowest BCUT2D eigenvalue weighted by molar-refractivity contribution is 0.00463. The SMILES string of the molecule is ClCc1cc(Br)ccc1OCOCc1ccccc1. The first-order valence-corrected chi connectivity index (χ1v) is 7.21. The lowest BCUT2D eigenvalue weighted by Gasteiger charge is -2.10. The molecule has 2 rings (SSSR count). The number of ether oxygens (including phenoxy) is 2. The largest absolute Gasteiger partial charge is 0.467 e. The molecule has 100 valence electrons. The number of rotatable bonds is 6. The average molecular weight is 342 g/mol. The molecule has 0 heterocycles. The van der Waals surface area contributed by atoms with E-state index in [1.165, 1.54) is 0 Å². The van der Waals surface area contributed by atoms with E-state index in [1.807, 2.05) is 48.5 Å². The summed E-state index contributed by atoms with van der Waals surface area (Å²) < 4.78 is 12.0. The van der Waals surface area contributed by atoms with Crippen LogP contribution >= 0.6 is 27.5 Å². The van der Waals surface area contributed by atoms with Crippen LogP contribution in [-0.2, 0) is 17.2 Å². The highest BCUT2D eigenvalue weighted by molar-refractivity contribution is 9.10. The van der Waals surface area contributed by atoms with Gasteiger partial charge in [-0.25, -0.2) is 0 Å². The Bertz CT molecular complexity index is 517. The molecule has 0 fully saturated rings. The molecule has 0 aromatic heterocycles. The van der Waals surface area contributed by atoms with Gasteiger partial charge in [-0.15, -0.1) is 11.6 Å². The molecule has 2 aromatic carbocycles. The molecule has 0 radical (unpaired) electrons. The molecule has 4 heteroatoms. The third-order valence-corrected chi connectivity index (χ3v) is 3.36. The maximum Gasteiger partial charge on any atom is 0.189 e. The van der Waals surface area contributed by atoms with Crippen LogP contribution in [-0.4, -0.2) is 6.79 Å². The molecule has 0 spiro atoms. The second-order valence-electron chi connectivity index (χ2n) is 3.98. The van der Waals surface area contributed by atoms with Gasteiger partial charge in [0.1, 0.15) is 5.75 Å². The normalized spacial score (nSPS) is 10.4. The van der Waals surface area contributed by atoms with E-state index in [9.17, 15) is 0 Å². The number of alkyl halides is 1. The molecule has 2 nitrogen and oxygen atoms in total. The quantitative estimate of drug-likeness (QED) is 0.429. The molecule has 0 bridgehead atoms. The van der Waals surface area contributed by atoms with Gasteiger partial charge in [0.05, 0.1) is 12.5 Å². The maximum atomic E-state index is 5.87. The van der Waals surface area contributed by atoms with Gasteiger partial charge in [-0.3, -0.25) is 0 Å². The molecule has 0 saturated carbocycles. The Morgan fingerprint density at radius 2 is 1.84 bits per heavy atom. The van der Waals surface area contributed by atoms with Crippen molar-refractivity contribution in [3.05, 3.63) is 64.1 Å². The van der Waals surface area contributed by atoms with E-state index < -0.39 is 0 Å². The Morgan fingerprint density at radius 1 is 1.05 bits per heavy atom. The molecule has 0 aliphatic carbocycles. The zero-order valence-corrected chi connectivity index (χ0v) is 12.7. The fourth-order valence-electron chi connectivity index (χ4n) is 1.63. The summed E-state index contributed by atoms with van der Waals surface area (Å²) in [5.41, 5.74) is 2.07. The van der Waals surface area contributed by atoms with Gasteiger partial charge in [-0.2, -0.15) is 0 Å². The molecule has 19 heavy (non-hydrogen) atoms. The molecular formula is C15H14BrClO2. The van der Waals surface area contributed by atoms with Crippen molar-refractivity contribution < 1.29 is 9.47 Å². The zero-order chi connectivity index (χ0) is 13.5. The molecule has 0 saturated heterocycles. The Labute approximate surface area is 126 Å². The minimum absolute atomic E-state index is 0.209. The first-order valence-electron chi connectivity index (χ1n) is 5.88. The predicted octanol–water partition coefficient (Wildman–Crippen LogP) is 4.74. The third-order valence-electron chi connectivity index (χ3n) is 2.58. The first kappa shape index (κ1) is 14.4. The number of benzene rings is 2. The van der Waals surface area contributed by atoms with Crippen LogP contribution in [0.25, 0.3) is 0 Å². The van der Waals surface area contributed by atoms with Crippen LogP contribution in [0, 0.1) is 0 Å². The Morgan fingerprint density at radius 3 is 2.58 bits per heavy atom. The molecule has 0 amide bonds. The van der Waals surface area contributed by atoms with Crippen LogP contribution in [0.4, 0.5) is 0 Å². The van der Waals surface area contributed by atoms with Crippen molar-refractivity contribution in [2.24, 2.45) is 0 Å². The highest BCUT2D eigenvalue weighted by Gasteiger charge is 2.03. The van der Waals surface area contributed by atoms with Crippen LogP contribution in [0.2, 0.25) is 0 Å². The van der Waals surface area contributed by atoms with Crippen molar-refractivity contribution in [3.8, 4) is 5.75 Å². The molecule has 2 aromatic rings. The van der Waals surface area contributed by atoms with Crippen LogP contribution in [0.1, 0.15) is 11.1 Å². The van der Waals surface area contributed by atoms with Gasteiger partial charge in [0.25, 0.3) is 0 Å². The minimum Gasteiger partial charge on any atom is -0.467 e. The third kappa shape index (κ3) is 4.53. The minimum atomic E-state index is 0.209. The average Bonchev–Trinajstić information content (AvgIpc) is 2.46.